The van der Waals surface area contributed by atoms with E-state index in [0.29, 0.717) is 0 Å². The molecule has 50 valence electrons. The molecule has 0 atom stereocenters. The van der Waals surface area contributed by atoms with Gasteiger partial charge in [0.1, 0.15) is 0 Å². The Bertz CT molecular complexity index is 24.0. The molecule has 0 heterocycles. The predicted molar refractivity (Wildman–Crippen MR) is 24.8 cm³/mol. The fourth-order valence-corrected chi connectivity index (χ4v) is 0. The van der Waals surface area contributed by atoms with Crippen molar-refractivity contribution in [3.63, 3.8) is 0 Å². The van der Waals surface area contributed by atoms with Crippen molar-refractivity contribution in [2.24, 2.45) is 0 Å². The average molecular weight is 188 g/mol. The third-order valence-corrected chi connectivity index (χ3v) is 0. The summed E-state index contributed by atoms with van der Waals surface area (Å²) >= 11 is -3.19. The zero-order valence-corrected chi connectivity index (χ0v) is 5.58. The van der Waals surface area contributed by atoms with Crippen molar-refractivity contribution in [1.29, 1.82) is 0 Å². The molecule has 8 heavy (non-hydrogen) atoms. The Kier molecular flexibility index (Phi) is 10.4. The first-order chi connectivity index (χ1) is 3.46. The van der Waals surface area contributed by atoms with Crippen molar-refractivity contribution >= 4 is 23.0 Å². The first kappa shape index (κ1) is 11.2. The minimum atomic E-state index is -3.19. The van der Waals surface area contributed by atoms with Crippen molar-refractivity contribution < 1.29 is 27.4 Å². The van der Waals surface area contributed by atoms with E-state index in [4.69, 9.17) is 27.4 Å². The molecule has 0 radical (unpaired) electrons. The summed E-state index contributed by atoms with van der Waals surface area (Å²) in [6.07, 6.45) is 0. The van der Waals surface area contributed by atoms with Crippen LogP contribution in [0, 0.1) is 0 Å². The molecule has 0 aromatic carbocycles. The molecule has 0 saturated heterocycles. The molecule has 0 aromatic rings. The van der Waals surface area contributed by atoms with E-state index in [-0.39, 0.29) is 0 Å². The molecule has 0 rings (SSSR count). The molecule has 0 aliphatic carbocycles. The molecular formula is H6AsBO6. The maximum atomic E-state index is 7.31. The van der Waals surface area contributed by atoms with Gasteiger partial charge >= 0.3 is 35.3 Å². The van der Waals surface area contributed by atoms with Gasteiger partial charge in [-0.1, -0.05) is 0 Å². The van der Waals surface area contributed by atoms with Crippen LogP contribution in [0.15, 0.2) is 0 Å². The van der Waals surface area contributed by atoms with Gasteiger partial charge < -0.3 is 15.1 Å². The van der Waals surface area contributed by atoms with Gasteiger partial charge in [-0.3, -0.25) is 0 Å². The van der Waals surface area contributed by atoms with Gasteiger partial charge in [-0.05, 0) is 0 Å². The van der Waals surface area contributed by atoms with Crippen LogP contribution in [0.4, 0.5) is 0 Å². The molecular weight excluding hydrogens is 182 g/mol. The van der Waals surface area contributed by atoms with Crippen molar-refractivity contribution in [1.82, 2.24) is 0 Å². The standard InChI is InChI=1S/AsH3O3.BH3O3/c2*2-1(3)4/h2*2-4H. The van der Waals surface area contributed by atoms with E-state index in [1.165, 1.54) is 0 Å². The van der Waals surface area contributed by atoms with Crippen LogP contribution in [0.3, 0.4) is 0 Å². The van der Waals surface area contributed by atoms with Crippen LogP contribution in [0.2, 0.25) is 0 Å². The van der Waals surface area contributed by atoms with Crippen LogP contribution in [-0.4, -0.2) is 50.4 Å². The van der Waals surface area contributed by atoms with Crippen LogP contribution in [0.1, 0.15) is 0 Å². The molecule has 0 amide bonds. The average Bonchev–Trinajstić information content (AvgIpc) is 1.25. The molecule has 6 nitrogen and oxygen atoms in total. The molecule has 0 saturated carbocycles. The summed E-state index contributed by atoms with van der Waals surface area (Å²) in [5.41, 5.74) is 0. The van der Waals surface area contributed by atoms with Crippen molar-refractivity contribution in [2.45, 2.75) is 0 Å². The summed E-state index contributed by atoms with van der Waals surface area (Å²) in [4.78, 5) is 0. The minimum absolute atomic E-state index is 2.17. The maximum absolute atomic E-state index is 7.31. The summed E-state index contributed by atoms with van der Waals surface area (Å²) in [5.74, 6) is 0. The summed E-state index contributed by atoms with van der Waals surface area (Å²) < 4.78 is 21.9. The monoisotopic (exact) mass is 188 g/mol. The summed E-state index contributed by atoms with van der Waals surface area (Å²) in [7, 11) is -2.17. The van der Waals surface area contributed by atoms with Gasteiger partial charge in [0.05, 0.1) is 0 Å². The second-order valence-electron chi connectivity index (χ2n) is 0.615. The molecule has 0 aliphatic heterocycles. The fourth-order valence-electron chi connectivity index (χ4n) is 0. The third kappa shape index (κ3) is 1260. The fraction of sp³-hybridized carbons (Fsp3) is 0. The SMILES string of the molecule is OB(O)O.O[As](O)O. The van der Waals surface area contributed by atoms with E-state index in [0.717, 1.165) is 0 Å². The van der Waals surface area contributed by atoms with Crippen LogP contribution in [-0.2, 0) is 0 Å². The quantitative estimate of drug-likeness (QED) is 0.215. The Morgan fingerprint density at radius 1 is 0.875 bits per heavy atom. The second-order valence-corrected chi connectivity index (χ2v) is 1.74. The van der Waals surface area contributed by atoms with E-state index in [1.807, 2.05) is 0 Å². The second kappa shape index (κ2) is 7.38. The molecule has 0 spiro atoms. The topological polar surface area (TPSA) is 121 Å². The predicted octanol–water partition coefficient (Wildman–Crippen LogP) is -4.10. The van der Waals surface area contributed by atoms with E-state index in [1.54, 1.807) is 0 Å². The van der Waals surface area contributed by atoms with Crippen LogP contribution >= 0.6 is 0 Å². The zero-order chi connectivity index (χ0) is 7.15. The van der Waals surface area contributed by atoms with E-state index in [9.17, 15) is 0 Å². The van der Waals surface area contributed by atoms with Gasteiger partial charge in [0, 0.05) is 0 Å². The first-order valence-corrected chi connectivity index (χ1v) is 3.89. The Morgan fingerprint density at radius 3 is 0.875 bits per heavy atom. The van der Waals surface area contributed by atoms with Crippen LogP contribution in [0.5, 0.6) is 0 Å². The number of hydrogen-bond acceptors (Lipinski definition) is 6. The normalized spacial score (nSPS) is 7.88. The van der Waals surface area contributed by atoms with Gasteiger partial charge in [-0.25, -0.2) is 0 Å². The van der Waals surface area contributed by atoms with E-state index in [2.05, 4.69) is 0 Å². The molecule has 6 N–H and O–H groups in total. The van der Waals surface area contributed by atoms with Crippen LogP contribution < -0.4 is 0 Å². The Hall–Kier alpha value is 0.383. The van der Waals surface area contributed by atoms with E-state index >= 15 is 0 Å². The summed E-state index contributed by atoms with van der Waals surface area (Å²) in [6.45, 7) is 0. The van der Waals surface area contributed by atoms with Crippen molar-refractivity contribution in [3.8, 4) is 0 Å². The zero-order valence-electron chi connectivity index (χ0n) is 3.71. The first-order valence-electron chi connectivity index (χ1n) is 1.37. The molecule has 0 fully saturated rings. The molecule has 0 unspecified atom stereocenters. The molecule has 0 aliphatic rings. The van der Waals surface area contributed by atoms with Gasteiger partial charge in [-0.15, -0.1) is 0 Å². The Morgan fingerprint density at radius 2 is 0.875 bits per heavy atom. The van der Waals surface area contributed by atoms with Gasteiger partial charge in [0.2, 0.25) is 0 Å². The van der Waals surface area contributed by atoms with Crippen molar-refractivity contribution in [2.75, 3.05) is 0 Å². The molecule has 0 bridgehead atoms. The third-order valence-electron chi connectivity index (χ3n) is 0. The van der Waals surface area contributed by atoms with Gasteiger partial charge in [0.15, 0.2) is 0 Å². The number of hydrogen-bond donors (Lipinski definition) is 6. The summed E-state index contributed by atoms with van der Waals surface area (Å²) in [6, 6.07) is 0. The Balaban J connectivity index is 0. The molecule has 0 aromatic heterocycles. The van der Waals surface area contributed by atoms with Crippen molar-refractivity contribution in [3.05, 3.63) is 0 Å². The van der Waals surface area contributed by atoms with Gasteiger partial charge in [0.25, 0.3) is 0 Å². The Labute approximate surface area is 51.1 Å². The van der Waals surface area contributed by atoms with Gasteiger partial charge in [-0.2, -0.15) is 0 Å². The van der Waals surface area contributed by atoms with E-state index < -0.39 is 23.0 Å². The number of rotatable bonds is 0. The molecule has 8 heteroatoms. The summed E-state index contributed by atoms with van der Waals surface area (Å²) in [5, 5.41) is 21.5. The van der Waals surface area contributed by atoms with Crippen LogP contribution in [0.25, 0.3) is 0 Å².